The van der Waals surface area contributed by atoms with Crippen LogP contribution in [0.3, 0.4) is 0 Å². The number of nitrogens with one attached hydrogen (secondary N) is 2. The van der Waals surface area contributed by atoms with Gasteiger partial charge in [0.05, 0.1) is 16.8 Å². The lowest BCUT2D eigenvalue weighted by atomic mass is 9.81. The Balaban J connectivity index is 1.38. The number of aromatic nitrogens is 2. The average Bonchev–Trinajstić information content (AvgIpc) is 3.36. The molecule has 4 atom stereocenters. The van der Waals surface area contributed by atoms with E-state index in [9.17, 15) is 9.59 Å². The molecule has 0 radical (unpaired) electrons. The number of hydrogen-bond acceptors (Lipinski definition) is 3. The van der Waals surface area contributed by atoms with E-state index in [4.69, 9.17) is 4.98 Å². The quantitative estimate of drug-likeness (QED) is 0.663. The predicted molar refractivity (Wildman–Crippen MR) is 112 cm³/mol. The van der Waals surface area contributed by atoms with Crippen LogP contribution in [0.25, 0.3) is 10.9 Å². The smallest absolute Gasteiger partial charge is 0.258 e. The van der Waals surface area contributed by atoms with Gasteiger partial charge in [-0.25, -0.2) is 4.98 Å². The lowest BCUT2D eigenvalue weighted by molar-refractivity contribution is -0.126. The van der Waals surface area contributed by atoms with Crippen LogP contribution in [0.2, 0.25) is 0 Å². The molecular formula is C24H23N3O2. The van der Waals surface area contributed by atoms with Crippen LogP contribution in [-0.2, 0) is 11.2 Å². The van der Waals surface area contributed by atoms with E-state index in [2.05, 4.69) is 34.6 Å². The minimum absolute atomic E-state index is 0.0542. The van der Waals surface area contributed by atoms with Crippen molar-refractivity contribution in [2.24, 2.45) is 17.8 Å². The second kappa shape index (κ2) is 7.32. The van der Waals surface area contributed by atoms with E-state index in [1.807, 2.05) is 36.4 Å². The standard InChI is InChI=1S/C24H23N3O2/c28-23-18-8-4-5-9-19(18)26-22(27-23)20-16-10-11-17(14-16)21(20)24(29)25-13-12-15-6-2-1-3-7-15/h1-11,16-17,20-21H,12-14H2,(H,25,29)(H,26,27,28)/t16-,17-,20-,21+/m0/s1. The highest BCUT2D eigenvalue weighted by Gasteiger charge is 2.49. The normalized spacial score (nSPS) is 24.8. The maximum atomic E-state index is 13.1. The Labute approximate surface area is 168 Å². The fourth-order valence-electron chi connectivity index (χ4n) is 4.91. The van der Waals surface area contributed by atoms with E-state index >= 15 is 0 Å². The molecule has 0 aliphatic heterocycles. The number of carbonyl (C=O) groups is 1. The zero-order valence-corrected chi connectivity index (χ0v) is 16.0. The molecule has 1 heterocycles. The molecule has 0 unspecified atom stereocenters. The molecule has 1 saturated carbocycles. The number of nitrogens with zero attached hydrogens (tertiary/aromatic N) is 1. The summed E-state index contributed by atoms with van der Waals surface area (Å²) >= 11 is 0. The van der Waals surface area contributed by atoms with Gasteiger partial charge in [0.1, 0.15) is 5.82 Å². The van der Waals surface area contributed by atoms with Crippen molar-refractivity contribution in [3.8, 4) is 0 Å². The number of benzene rings is 2. The molecule has 1 fully saturated rings. The van der Waals surface area contributed by atoms with Crippen LogP contribution in [0.15, 0.2) is 71.5 Å². The topological polar surface area (TPSA) is 74.8 Å². The third kappa shape index (κ3) is 3.27. The van der Waals surface area contributed by atoms with Crippen molar-refractivity contribution >= 4 is 16.8 Å². The number of rotatable bonds is 5. The van der Waals surface area contributed by atoms with Crippen LogP contribution in [0, 0.1) is 17.8 Å². The minimum Gasteiger partial charge on any atom is -0.355 e. The summed E-state index contributed by atoms with van der Waals surface area (Å²) in [6.07, 6.45) is 6.08. The SMILES string of the molecule is O=C(NCCc1ccccc1)[C@H]1[C@@H](c2nc3ccccc3c(=O)[nH]2)[C@H]2C=C[C@H]1C2. The summed E-state index contributed by atoms with van der Waals surface area (Å²) in [7, 11) is 0. The molecule has 2 aliphatic rings. The van der Waals surface area contributed by atoms with Gasteiger partial charge in [0.15, 0.2) is 0 Å². The first-order chi connectivity index (χ1) is 14.2. The van der Waals surface area contributed by atoms with E-state index in [-0.39, 0.29) is 35.1 Å². The first-order valence-corrected chi connectivity index (χ1v) is 10.2. The zero-order chi connectivity index (χ0) is 19.8. The van der Waals surface area contributed by atoms with Gasteiger partial charge in [0.2, 0.25) is 5.91 Å². The van der Waals surface area contributed by atoms with Gasteiger partial charge in [-0.2, -0.15) is 0 Å². The van der Waals surface area contributed by atoms with E-state index in [1.54, 1.807) is 6.07 Å². The summed E-state index contributed by atoms with van der Waals surface area (Å²) in [5.41, 5.74) is 1.75. The molecule has 1 aromatic heterocycles. The second-order valence-corrected chi connectivity index (χ2v) is 7.99. The Morgan fingerprint density at radius 1 is 1.03 bits per heavy atom. The van der Waals surface area contributed by atoms with E-state index in [0.29, 0.717) is 23.3 Å². The molecule has 2 aliphatic carbocycles. The van der Waals surface area contributed by atoms with E-state index in [0.717, 1.165) is 12.8 Å². The van der Waals surface area contributed by atoms with Crippen LogP contribution in [0.4, 0.5) is 0 Å². The van der Waals surface area contributed by atoms with E-state index < -0.39 is 0 Å². The van der Waals surface area contributed by atoms with Crippen LogP contribution in [0.1, 0.15) is 23.7 Å². The lowest BCUT2D eigenvalue weighted by Crippen LogP contribution is -2.38. The zero-order valence-electron chi connectivity index (χ0n) is 16.0. The maximum Gasteiger partial charge on any atom is 0.258 e. The Morgan fingerprint density at radius 2 is 1.79 bits per heavy atom. The van der Waals surface area contributed by atoms with Crippen molar-refractivity contribution in [2.45, 2.75) is 18.8 Å². The highest BCUT2D eigenvalue weighted by molar-refractivity contribution is 5.82. The van der Waals surface area contributed by atoms with Gasteiger partial charge in [-0.3, -0.25) is 9.59 Å². The monoisotopic (exact) mass is 385 g/mol. The molecule has 1 amide bonds. The molecular weight excluding hydrogens is 362 g/mol. The van der Waals surface area contributed by atoms with Crippen LogP contribution in [0.5, 0.6) is 0 Å². The molecule has 2 N–H and O–H groups in total. The molecule has 5 rings (SSSR count). The first kappa shape index (κ1) is 17.9. The third-order valence-electron chi connectivity index (χ3n) is 6.26. The van der Waals surface area contributed by atoms with Crippen molar-refractivity contribution in [3.63, 3.8) is 0 Å². The molecule has 0 spiro atoms. The summed E-state index contributed by atoms with van der Waals surface area (Å²) < 4.78 is 0. The molecule has 5 nitrogen and oxygen atoms in total. The summed E-state index contributed by atoms with van der Waals surface area (Å²) in [5, 5.41) is 3.70. The highest BCUT2D eigenvalue weighted by atomic mass is 16.2. The number of H-pyrrole nitrogens is 1. The first-order valence-electron chi connectivity index (χ1n) is 10.2. The fraction of sp³-hybridized carbons (Fsp3) is 0.292. The lowest BCUT2D eigenvalue weighted by Gasteiger charge is -2.26. The number of aromatic amines is 1. The van der Waals surface area contributed by atoms with Gasteiger partial charge in [-0.15, -0.1) is 0 Å². The number of amides is 1. The Hall–Kier alpha value is -3.21. The molecule has 146 valence electrons. The average molecular weight is 385 g/mol. The van der Waals surface area contributed by atoms with Crippen molar-refractivity contribution < 1.29 is 4.79 Å². The number of para-hydroxylation sites is 1. The van der Waals surface area contributed by atoms with Crippen molar-refractivity contribution in [3.05, 3.63) is 88.5 Å². The minimum atomic E-state index is -0.190. The Bertz CT molecular complexity index is 1140. The number of carbonyl (C=O) groups excluding carboxylic acids is 1. The van der Waals surface area contributed by atoms with Gasteiger partial charge >= 0.3 is 0 Å². The Kier molecular flexibility index (Phi) is 4.51. The third-order valence-corrected chi connectivity index (χ3v) is 6.26. The van der Waals surface area contributed by atoms with Gasteiger partial charge in [0.25, 0.3) is 5.56 Å². The van der Waals surface area contributed by atoms with Gasteiger partial charge < -0.3 is 10.3 Å². The predicted octanol–water partition coefficient (Wildman–Crippen LogP) is 3.19. The fourth-order valence-corrected chi connectivity index (χ4v) is 4.91. The summed E-state index contributed by atoms with van der Waals surface area (Å²) in [6, 6.07) is 17.5. The molecule has 29 heavy (non-hydrogen) atoms. The number of hydrogen-bond donors (Lipinski definition) is 2. The molecule has 0 saturated heterocycles. The van der Waals surface area contributed by atoms with Crippen molar-refractivity contribution in [1.82, 2.24) is 15.3 Å². The Morgan fingerprint density at radius 3 is 2.66 bits per heavy atom. The second-order valence-electron chi connectivity index (χ2n) is 7.99. The van der Waals surface area contributed by atoms with Crippen molar-refractivity contribution in [2.75, 3.05) is 6.54 Å². The largest absolute Gasteiger partial charge is 0.355 e. The van der Waals surface area contributed by atoms with E-state index in [1.165, 1.54) is 5.56 Å². The van der Waals surface area contributed by atoms with Crippen LogP contribution in [-0.4, -0.2) is 22.4 Å². The molecule has 2 bridgehead atoms. The van der Waals surface area contributed by atoms with Gasteiger partial charge in [-0.1, -0.05) is 54.6 Å². The molecule has 5 heteroatoms. The molecule has 3 aromatic rings. The van der Waals surface area contributed by atoms with Gasteiger partial charge in [0, 0.05) is 12.5 Å². The molecule has 2 aromatic carbocycles. The van der Waals surface area contributed by atoms with Crippen LogP contribution >= 0.6 is 0 Å². The van der Waals surface area contributed by atoms with Crippen LogP contribution < -0.4 is 10.9 Å². The summed E-state index contributed by atoms with van der Waals surface area (Å²) in [5.74, 6) is 0.865. The highest BCUT2D eigenvalue weighted by Crippen LogP contribution is 2.52. The number of allylic oxidation sites excluding steroid dienone is 2. The van der Waals surface area contributed by atoms with Crippen molar-refractivity contribution in [1.29, 1.82) is 0 Å². The summed E-state index contributed by atoms with van der Waals surface area (Å²) in [4.78, 5) is 33.3. The van der Waals surface area contributed by atoms with Gasteiger partial charge in [-0.05, 0) is 42.4 Å². The summed E-state index contributed by atoms with van der Waals surface area (Å²) in [6.45, 7) is 0.606. The maximum absolute atomic E-state index is 13.1. The number of fused-ring (bicyclic) bond motifs is 3.